The van der Waals surface area contributed by atoms with Gasteiger partial charge in [0.15, 0.2) is 0 Å². The molecule has 0 aliphatic heterocycles. The van der Waals surface area contributed by atoms with Crippen LogP contribution in [-0.4, -0.2) is 55.4 Å². The number of amides is 1. The third-order valence-corrected chi connectivity index (χ3v) is 2.29. The van der Waals surface area contributed by atoms with Gasteiger partial charge in [-0.25, -0.2) is 0 Å². The predicted molar refractivity (Wildman–Crippen MR) is 63.0 cm³/mol. The molecule has 0 radical (unpaired) electrons. The van der Waals surface area contributed by atoms with Crippen molar-refractivity contribution in [2.75, 3.05) is 33.4 Å². The van der Waals surface area contributed by atoms with E-state index >= 15 is 0 Å². The van der Waals surface area contributed by atoms with Gasteiger partial charge in [-0.3, -0.25) is 4.79 Å². The van der Waals surface area contributed by atoms with E-state index in [1.54, 1.807) is 12.0 Å². The first-order valence-electron chi connectivity index (χ1n) is 5.67. The Bertz CT molecular complexity index is 198. The van der Waals surface area contributed by atoms with Gasteiger partial charge >= 0.3 is 0 Å². The first kappa shape index (κ1) is 15.3. The number of hydrogen-bond donors (Lipinski definition) is 2. The van der Waals surface area contributed by atoms with Gasteiger partial charge in [0.1, 0.15) is 0 Å². The fourth-order valence-electron chi connectivity index (χ4n) is 1.50. The number of carbonyl (C=O) groups excluding carboxylic acids is 1. The molecule has 96 valence electrons. The highest BCUT2D eigenvalue weighted by atomic mass is 16.5. The molecule has 0 unspecified atom stereocenters. The quantitative estimate of drug-likeness (QED) is 0.609. The van der Waals surface area contributed by atoms with Gasteiger partial charge in [-0.05, 0) is 12.3 Å². The van der Waals surface area contributed by atoms with E-state index in [1.165, 1.54) is 0 Å². The van der Waals surface area contributed by atoms with Crippen LogP contribution in [0.4, 0.5) is 0 Å². The number of methoxy groups -OCH3 is 1. The van der Waals surface area contributed by atoms with Crippen LogP contribution in [0, 0.1) is 5.92 Å². The molecule has 0 aromatic rings. The molecule has 1 amide bonds. The van der Waals surface area contributed by atoms with Crippen LogP contribution >= 0.6 is 0 Å². The van der Waals surface area contributed by atoms with Gasteiger partial charge in [-0.1, -0.05) is 13.8 Å². The van der Waals surface area contributed by atoms with Crippen molar-refractivity contribution in [3.63, 3.8) is 0 Å². The number of nitrogens with zero attached hydrogens (tertiary/aromatic N) is 1. The maximum absolute atomic E-state index is 11.9. The van der Waals surface area contributed by atoms with Crippen molar-refractivity contribution in [3.8, 4) is 0 Å². The lowest BCUT2D eigenvalue weighted by Gasteiger charge is -2.25. The normalized spacial score (nSPS) is 12.9. The van der Waals surface area contributed by atoms with Crippen LogP contribution in [0.25, 0.3) is 0 Å². The van der Waals surface area contributed by atoms with E-state index in [1.807, 2.05) is 13.8 Å². The van der Waals surface area contributed by atoms with Crippen molar-refractivity contribution < 1.29 is 14.6 Å². The molecule has 0 saturated carbocycles. The molecule has 0 aliphatic carbocycles. The van der Waals surface area contributed by atoms with Gasteiger partial charge in [0, 0.05) is 20.2 Å². The molecule has 5 heteroatoms. The van der Waals surface area contributed by atoms with Crippen LogP contribution < -0.4 is 5.73 Å². The summed E-state index contributed by atoms with van der Waals surface area (Å²) in [6.07, 6.45) is 0.660. The number of nitrogens with two attached hydrogens (primary N) is 1. The number of ether oxygens (including phenoxy) is 1. The molecule has 1 atom stereocenters. The highest BCUT2D eigenvalue weighted by Gasteiger charge is 2.20. The number of hydrogen-bond acceptors (Lipinski definition) is 4. The monoisotopic (exact) mass is 232 g/mol. The number of carbonyl (C=O) groups is 1. The standard InChI is InChI=1S/C11H24N2O3/c1-9(2)8-10(12)11(15)13(4-6-14)5-7-16-3/h9-10,14H,4-8,12H2,1-3H3/t10-/m0/s1. The van der Waals surface area contributed by atoms with Crippen LogP contribution in [-0.2, 0) is 9.53 Å². The molecule has 0 aromatic heterocycles. The van der Waals surface area contributed by atoms with Crippen molar-refractivity contribution in [1.29, 1.82) is 0 Å². The van der Waals surface area contributed by atoms with Crippen molar-refractivity contribution in [2.24, 2.45) is 11.7 Å². The molecule has 16 heavy (non-hydrogen) atoms. The molecule has 0 aliphatic rings. The van der Waals surface area contributed by atoms with Crippen LogP contribution in [0.15, 0.2) is 0 Å². The molecule has 0 aromatic carbocycles. The lowest BCUT2D eigenvalue weighted by molar-refractivity contribution is -0.134. The van der Waals surface area contributed by atoms with E-state index in [4.69, 9.17) is 15.6 Å². The molecule has 3 N–H and O–H groups in total. The molecule has 5 nitrogen and oxygen atoms in total. The fourth-order valence-corrected chi connectivity index (χ4v) is 1.50. The lowest BCUT2D eigenvalue weighted by atomic mass is 10.0. The zero-order valence-electron chi connectivity index (χ0n) is 10.5. The first-order chi connectivity index (χ1) is 7.52. The van der Waals surface area contributed by atoms with E-state index in [-0.39, 0.29) is 12.5 Å². The Kier molecular flexibility index (Phi) is 8.15. The highest BCUT2D eigenvalue weighted by molar-refractivity contribution is 5.81. The second-order valence-electron chi connectivity index (χ2n) is 4.28. The Morgan fingerprint density at radius 2 is 2.06 bits per heavy atom. The topological polar surface area (TPSA) is 75.8 Å². The Morgan fingerprint density at radius 1 is 1.44 bits per heavy atom. The van der Waals surface area contributed by atoms with Crippen molar-refractivity contribution in [1.82, 2.24) is 4.90 Å². The summed E-state index contributed by atoms with van der Waals surface area (Å²) in [6, 6.07) is -0.483. The first-order valence-corrected chi connectivity index (χ1v) is 5.67. The smallest absolute Gasteiger partial charge is 0.239 e. The summed E-state index contributed by atoms with van der Waals surface area (Å²) in [5, 5.41) is 8.87. The molecule has 0 fully saturated rings. The minimum absolute atomic E-state index is 0.0517. The van der Waals surface area contributed by atoms with Gasteiger partial charge in [-0.15, -0.1) is 0 Å². The Hall–Kier alpha value is -0.650. The third kappa shape index (κ3) is 6.05. The van der Waals surface area contributed by atoms with Crippen LogP contribution in [0.3, 0.4) is 0 Å². The lowest BCUT2D eigenvalue weighted by Crippen LogP contribution is -2.46. The van der Waals surface area contributed by atoms with Crippen molar-refractivity contribution in [3.05, 3.63) is 0 Å². The minimum atomic E-state index is -0.483. The Labute approximate surface area is 97.6 Å². The fraction of sp³-hybridized carbons (Fsp3) is 0.909. The average Bonchev–Trinajstić information content (AvgIpc) is 2.22. The average molecular weight is 232 g/mol. The summed E-state index contributed by atoms with van der Waals surface area (Å²) in [7, 11) is 1.58. The zero-order valence-corrected chi connectivity index (χ0v) is 10.5. The molecular formula is C11H24N2O3. The Morgan fingerprint density at radius 3 is 2.50 bits per heavy atom. The number of rotatable bonds is 8. The summed E-state index contributed by atoms with van der Waals surface area (Å²) in [6.45, 7) is 5.25. The molecule has 0 bridgehead atoms. The molecular weight excluding hydrogens is 208 g/mol. The summed E-state index contributed by atoms with van der Waals surface area (Å²) < 4.78 is 4.91. The zero-order chi connectivity index (χ0) is 12.6. The Balaban J connectivity index is 4.23. The van der Waals surface area contributed by atoms with Crippen LogP contribution in [0.1, 0.15) is 20.3 Å². The second kappa shape index (κ2) is 8.50. The summed E-state index contributed by atoms with van der Waals surface area (Å²) >= 11 is 0. The van der Waals surface area contributed by atoms with E-state index in [0.717, 1.165) is 0 Å². The second-order valence-corrected chi connectivity index (χ2v) is 4.28. The van der Waals surface area contributed by atoms with Gasteiger partial charge in [-0.2, -0.15) is 0 Å². The van der Waals surface area contributed by atoms with Crippen LogP contribution in [0.2, 0.25) is 0 Å². The largest absolute Gasteiger partial charge is 0.395 e. The predicted octanol–water partition coefficient (Wildman–Crippen LogP) is -0.173. The SMILES string of the molecule is COCCN(CCO)C(=O)[C@@H](N)CC(C)C. The maximum Gasteiger partial charge on any atom is 0.239 e. The molecule has 0 heterocycles. The third-order valence-electron chi connectivity index (χ3n) is 2.29. The maximum atomic E-state index is 11.9. The highest BCUT2D eigenvalue weighted by Crippen LogP contribution is 2.05. The van der Waals surface area contributed by atoms with Crippen molar-refractivity contribution in [2.45, 2.75) is 26.3 Å². The molecule has 0 spiro atoms. The number of aliphatic hydroxyl groups is 1. The van der Waals surface area contributed by atoms with Gasteiger partial charge < -0.3 is 20.5 Å². The number of aliphatic hydroxyl groups excluding tert-OH is 1. The van der Waals surface area contributed by atoms with Crippen molar-refractivity contribution >= 4 is 5.91 Å². The van der Waals surface area contributed by atoms with E-state index in [0.29, 0.717) is 32.0 Å². The summed E-state index contributed by atoms with van der Waals surface area (Å²) in [5.74, 6) is 0.275. The van der Waals surface area contributed by atoms with E-state index in [9.17, 15) is 4.79 Å². The van der Waals surface area contributed by atoms with E-state index in [2.05, 4.69) is 0 Å². The van der Waals surface area contributed by atoms with Crippen LogP contribution in [0.5, 0.6) is 0 Å². The molecule has 0 rings (SSSR count). The summed E-state index contributed by atoms with van der Waals surface area (Å²) in [4.78, 5) is 13.5. The van der Waals surface area contributed by atoms with Gasteiger partial charge in [0.25, 0.3) is 0 Å². The minimum Gasteiger partial charge on any atom is -0.395 e. The van der Waals surface area contributed by atoms with E-state index < -0.39 is 6.04 Å². The summed E-state index contributed by atoms with van der Waals surface area (Å²) in [5.41, 5.74) is 5.81. The van der Waals surface area contributed by atoms with Gasteiger partial charge in [0.05, 0.1) is 19.3 Å². The molecule has 0 saturated heterocycles. The van der Waals surface area contributed by atoms with Gasteiger partial charge in [0.2, 0.25) is 5.91 Å².